The summed E-state index contributed by atoms with van der Waals surface area (Å²) < 4.78 is 5.78. The monoisotopic (exact) mass is 555 g/mol. The van der Waals surface area contributed by atoms with E-state index in [9.17, 15) is 9.59 Å². The molecule has 2 aromatic rings. The maximum Gasteiger partial charge on any atom is 0.313 e. The Morgan fingerprint density at radius 3 is 2.20 bits per heavy atom. The number of hydrogen-bond donors (Lipinski definition) is 0. The minimum atomic E-state index is -0.469. The van der Waals surface area contributed by atoms with Gasteiger partial charge in [0.25, 0.3) is 0 Å². The summed E-state index contributed by atoms with van der Waals surface area (Å²) in [4.78, 5) is 30.7. The molecule has 6 nitrogen and oxygen atoms in total. The third-order valence-corrected chi connectivity index (χ3v) is 9.31. The third-order valence-electron chi connectivity index (χ3n) is 9.31. The summed E-state index contributed by atoms with van der Waals surface area (Å²) >= 11 is 0. The lowest BCUT2D eigenvalue weighted by molar-refractivity contribution is -0.163. The fraction of sp³-hybridized carbons (Fsp3) is 0.571. The number of carbonyl (C=O) groups excluding carboxylic acids is 2. The highest BCUT2D eigenvalue weighted by Crippen LogP contribution is 2.50. The van der Waals surface area contributed by atoms with Crippen molar-refractivity contribution >= 4 is 11.9 Å². The standard InChI is InChI=1S/C35H45N3O3/c1-26(39)38(31-22-30(31)29-8-6-5-7-9-29)24-34(23-28-12-10-27(11-13-28)14-19-36)17-20-37(21-18-34)25-35(15-16-35)32(40)41-33(2,3)4/h5-13,30-31H,14-18,20-25H2,1-4H3/t30?,31-/m1/s1. The molecule has 6 heteroatoms. The largest absolute Gasteiger partial charge is 0.460 e. The average molecular weight is 556 g/mol. The molecule has 1 aliphatic heterocycles. The second-order valence-electron chi connectivity index (χ2n) is 13.9. The second kappa shape index (κ2) is 11.6. The molecule has 0 bridgehead atoms. The van der Waals surface area contributed by atoms with Gasteiger partial charge in [-0.2, -0.15) is 5.26 Å². The van der Waals surface area contributed by atoms with Crippen molar-refractivity contribution in [1.29, 1.82) is 5.26 Å². The number of carbonyl (C=O) groups is 2. The molecule has 218 valence electrons. The zero-order valence-electron chi connectivity index (χ0n) is 25.2. The molecule has 2 atom stereocenters. The highest BCUT2D eigenvalue weighted by molar-refractivity contribution is 5.80. The van der Waals surface area contributed by atoms with Crippen LogP contribution in [0, 0.1) is 22.2 Å². The molecule has 1 amide bonds. The number of esters is 1. The van der Waals surface area contributed by atoms with E-state index in [1.165, 1.54) is 11.1 Å². The number of rotatable bonds is 10. The van der Waals surface area contributed by atoms with Gasteiger partial charge in [-0.05, 0) is 94.5 Å². The number of benzene rings is 2. The number of ether oxygens (including phenoxy) is 1. The molecule has 3 aliphatic rings. The Morgan fingerprint density at radius 1 is 1.00 bits per heavy atom. The number of nitriles is 1. The third kappa shape index (κ3) is 7.19. The molecule has 41 heavy (non-hydrogen) atoms. The number of piperidine rings is 1. The summed E-state index contributed by atoms with van der Waals surface area (Å²) in [6.07, 6.45) is 6.09. The number of likely N-dealkylation sites (tertiary alicyclic amines) is 1. The van der Waals surface area contributed by atoms with Crippen LogP contribution in [0.15, 0.2) is 54.6 Å². The van der Waals surface area contributed by atoms with E-state index in [0.717, 1.165) is 70.3 Å². The summed E-state index contributed by atoms with van der Waals surface area (Å²) in [5, 5.41) is 9.08. The Morgan fingerprint density at radius 2 is 1.63 bits per heavy atom. The zero-order valence-corrected chi connectivity index (χ0v) is 25.2. The van der Waals surface area contributed by atoms with Crippen LogP contribution in [0.1, 0.15) is 82.4 Å². The molecule has 0 aromatic heterocycles. The summed E-state index contributed by atoms with van der Waals surface area (Å²) in [6, 6.07) is 21.5. The first-order valence-corrected chi connectivity index (χ1v) is 15.2. The first kappa shape index (κ1) is 29.3. The van der Waals surface area contributed by atoms with Gasteiger partial charge in [0.1, 0.15) is 5.60 Å². The van der Waals surface area contributed by atoms with Crippen LogP contribution in [-0.4, -0.2) is 59.5 Å². The topological polar surface area (TPSA) is 73.6 Å². The molecule has 2 saturated carbocycles. The fourth-order valence-corrected chi connectivity index (χ4v) is 6.68. The molecule has 0 spiro atoms. The molecular weight excluding hydrogens is 510 g/mol. The van der Waals surface area contributed by atoms with Gasteiger partial charge in [-0.3, -0.25) is 9.59 Å². The van der Waals surface area contributed by atoms with Gasteiger partial charge in [-0.1, -0.05) is 54.6 Å². The predicted molar refractivity (Wildman–Crippen MR) is 160 cm³/mol. The minimum absolute atomic E-state index is 0.0363. The molecule has 1 unspecified atom stereocenters. The van der Waals surface area contributed by atoms with Crippen LogP contribution in [0.2, 0.25) is 0 Å². The van der Waals surface area contributed by atoms with Gasteiger partial charge in [0, 0.05) is 32.0 Å². The van der Waals surface area contributed by atoms with E-state index in [1.807, 2.05) is 26.8 Å². The molecule has 1 heterocycles. The van der Waals surface area contributed by atoms with Crippen LogP contribution < -0.4 is 0 Å². The summed E-state index contributed by atoms with van der Waals surface area (Å²) in [5.74, 6) is 0.509. The molecule has 0 radical (unpaired) electrons. The SMILES string of the molecule is CC(=O)N(CC1(Cc2ccc(CC#N)cc2)CCN(CC2(C(=O)OC(C)(C)C)CC2)CC1)[C@@H]1CC1c1ccccc1. The summed E-state index contributed by atoms with van der Waals surface area (Å²) in [6.45, 7) is 10.9. The van der Waals surface area contributed by atoms with Crippen molar-refractivity contribution in [3.63, 3.8) is 0 Å². The maximum absolute atomic E-state index is 13.1. The van der Waals surface area contributed by atoms with Crippen LogP contribution in [0.5, 0.6) is 0 Å². The molecule has 2 aromatic carbocycles. The van der Waals surface area contributed by atoms with Gasteiger partial charge in [0.2, 0.25) is 5.91 Å². The van der Waals surface area contributed by atoms with Crippen molar-refractivity contribution in [2.45, 2.75) is 90.2 Å². The molecule has 0 N–H and O–H groups in total. The molecular formula is C35H45N3O3. The first-order chi connectivity index (χ1) is 19.5. The minimum Gasteiger partial charge on any atom is -0.460 e. The lowest BCUT2D eigenvalue weighted by Crippen LogP contribution is -2.50. The van der Waals surface area contributed by atoms with Gasteiger partial charge in [0.05, 0.1) is 17.9 Å². The normalized spacial score (nSPS) is 22.8. The fourth-order valence-electron chi connectivity index (χ4n) is 6.68. The Labute approximate surface area is 245 Å². The summed E-state index contributed by atoms with van der Waals surface area (Å²) in [5.41, 5.74) is 2.75. The van der Waals surface area contributed by atoms with Crippen LogP contribution >= 0.6 is 0 Å². The van der Waals surface area contributed by atoms with Crippen molar-refractivity contribution in [2.75, 3.05) is 26.2 Å². The van der Waals surface area contributed by atoms with Crippen molar-refractivity contribution in [1.82, 2.24) is 9.80 Å². The Hall–Kier alpha value is -3.17. The van der Waals surface area contributed by atoms with E-state index in [0.29, 0.717) is 12.3 Å². The summed E-state index contributed by atoms with van der Waals surface area (Å²) in [7, 11) is 0. The smallest absolute Gasteiger partial charge is 0.313 e. The lowest BCUT2D eigenvalue weighted by atomic mass is 9.73. The molecule has 2 aliphatic carbocycles. The van der Waals surface area contributed by atoms with E-state index < -0.39 is 5.60 Å². The van der Waals surface area contributed by atoms with Crippen molar-refractivity contribution < 1.29 is 14.3 Å². The van der Waals surface area contributed by atoms with E-state index >= 15 is 0 Å². The quantitative estimate of drug-likeness (QED) is 0.341. The van der Waals surface area contributed by atoms with Crippen LogP contribution in [0.25, 0.3) is 0 Å². The highest BCUT2D eigenvalue weighted by atomic mass is 16.6. The van der Waals surface area contributed by atoms with Gasteiger partial charge < -0.3 is 14.5 Å². The van der Waals surface area contributed by atoms with Gasteiger partial charge >= 0.3 is 5.97 Å². The van der Waals surface area contributed by atoms with Crippen molar-refractivity contribution in [3.8, 4) is 6.07 Å². The molecule has 1 saturated heterocycles. The Balaban J connectivity index is 1.31. The Bertz CT molecular complexity index is 1260. The molecule has 3 fully saturated rings. The Kier molecular flexibility index (Phi) is 8.30. The van der Waals surface area contributed by atoms with Crippen LogP contribution in [0.3, 0.4) is 0 Å². The van der Waals surface area contributed by atoms with Gasteiger partial charge in [0.15, 0.2) is 0 Å². The second-order valence-corrected chi connectivity index (χ2v) is 13.9. The number of hydrogen-bond acceptors (Lipinski definition) is 5. The average Bonchev–Trinajstić information content (AvgIpc) is 3.86. The van der Waals surface area contributed by atoms with Crippen molar-refractivity contribution in [2.24, 2.45) is 10.8 Å². The predicted octanol–water partition coefficient (Wildman–Crippen LogP) is 5.90. The van der Waals surface area contributed by atoms with E-state index in [2.05, 4.69) is 64.4 Å². The number of amides is 1. The van der Waals surface area contributed by atoms with Gasteiger partial charge in [-0.25, -0.2) is 0 Å². The number of nitrogens with zero attached hydrogens (tertiary/aromatic N) is 3. The first-order valence-electron chi connectivity index (χ1n) is 15.2. The van der Waals surface area contributed by atoms with E-state index in [1.54, 1.807) is 6.92 Å². The highest BCUT2D eigenvalue weighted by Gasteiger charge is 2.54. The van der Waals surface area contributed by atoms with E-state index in [-0.39, 0.29) is 28.7 Å². The van der Waals surface area contributed by atoms with Gasteiger partial charge in [-0.15, -0.1) is 0 Å². The van der Waals surface area contributed by atoms with Crippen LogP contribution in [-0.2, 0) is 27.2 Å². The van der Waals surface area contributed by atoms with Crippen molar-refractivity contribution in [3.05, 3.63) is 71.3 Å². The van der Waals surface area contributed by atoms with Crippen LogP contribution in [0.4, 0.5) is 0 Å². The zero-order chi connectivity index (χ0) is 29.3. The molecule has 5 rings (SSSR count). The maximum atomic E-state index is 13.1. The van der Waals surface area contributed by atoms with E-state index in [4.69, 9.17) is 10.00 Å². The lowest BCUT2D eigenvalue weighted by Gasteiger charge is -2.45.